The van der Waals surface area contributed by atoms with Crippen LogP contribution in [0.1, 0.15) is 25.7 Å². The fourth-order valence-electron chi connectivity index (χ4n) is 2.68. The Balaban J connectivity index is 3.93. The quantitative estimate of drug-likeness (QED) is 0.450. The third-order valence-corrected chi connectivity index (χ3v) is 4.47. The number of hydrogen-bond acceptors (Lipinski definition) is 5. The van der Waals surface area contributed by atoms with Gasteiger partial charge >= 0.3 is 0 Å². The van der Waals surface area contributed by atoms with Crippen LogP contribution in [-0.2, 0) is 4.74 Å². The predicted molar refractivity (Wildman–Crippen MR) is 101 cm³/mol. The van der Waals surface area contributed by atoms with Gasteiger partial charge in [-0.2, -0.15) is 0 Å². The second kappa shape index (κ2) is 13.1. The first-order valence-electron chi connectivity index (χ1n) is 8.94. The van der Waals surface area contributed by atoms with Gasteiger partial charge in [-0.1, -0.05) is 0 Å². The Bertz CT molecular complexity index is 244. The molecule has 0 rings (SSSR count). The minimum Gasteiger partial charge on any atom is -0.381 e. The van der Waals surface area contributed by atoms with Gasteiger partial charge in [-0.15, -0.1) is 0 Å². The van der Waals surface area contributed by atoms with Crippen LogP contribution < -0.4 is 0 Å². The fraction of sp³-hybridized carbons (Fsp3) is 1.00. The van der Waals surface area contributed by atoms with E-state index in [1.165, 1.54) is 12.8 Å². The lowest BCUT2D eigenvalue weighted by molar-refractivity contribution is 0.0871. The Morgan fingerprint density at radius 2 is 0.913 bits per heavy atom. The normalized spacial score (nSPS) is 15.1. The Morgan fingerprint density at radius 1 is 0.565 bits per heavy atom. The standard InChI is InChI=1S/C18H42N4O/c1-19(2)13-9-17(21(5)6)11-15-23-16-12-18(22(7)8)10-14-20(3)4/h17-18H,9-16H2,1-8H3. The lowest BCUT2D eigenvalue weighted by Gasteiger charge is -2.27. The second-order valence-corrected chi connectivity index (χ2v) is 7.61. The van der Waals surface area contributed by atoms with Gasteiger partial charge < -0.3 is 24.3 Å². The van der Waals surface area contributed by atoms with Crippen LogP contribution in [0.5, 0.6) is 0 Å². The highest BCUT2D eigenvalue weighted by Crippen LogP contribution is 2.09. The van der Waals surface area contributed by atoms with Crippen LogP contribution in [0.3, 0.4) is 0 Å². The molecule has 0 aliphatic heterocycles. The van der Waals surface area contributed by atoms with E-state index in [9.17, 15) is 0 Å². The molecule has 23 heavy (non-hydrogen) atoms. The molecule has 0 radical (unpaired) electrons. The van der Waals surface area contributed by atoms with Gasteiger partial charge in [-0.3, -0.25) is 0 Å². The summed E-state index contributed by atoms with van der Waals surface area (Å²) in [6, 6.07) is 1.21. The van der Waals surface area contributed by atoms with Crippen molar-refractivity contribution in [3.8, 4) is 0 Å². The minimum atomic E-state index is 0.607. The van der Waals surface area contributed by atoms with Gasteiger partial charge in [-0.05, 0) is 95.2 Å². The van der Waals surface area contributed by atoms with Crippen molar-refractivity contribution in [3.05, 3.63) is 0 Å². The molecule has 0 heterocycles. The van der Waals surface area contributed by atoms with Crippen LogP contribution in [0.15, 0.2) is 0 Å². The summed E-state index contributed by atoms with van der Waals surface area (Å²) < 4.78 is 5.93. The molecule has 0 saturated carbocycles. The molecule has 2 unspecified atom stereocenters. The molecular formula is C18H42N4O. The van der Waals surface area contributed by atoms with Gasteiger partial charge in [0.15, 0.2) is 0 Å². The average Bonchev–Trinajstić information content (AvgIpc) is 2.43. The number of ether oxygens (including phenoxy) is 1. The molecule has 140 valence electrons. The first-order valence-corrected chi connectivity index (χ1v) is 8.94. The van der Waals surface area contributed by atoms with Gasteiger partial charge in [0, 0.05) is 25.3 Å². The molecule has 5 nitrogen and oxygen atoms in total. The zero-order valence-corrected chi connectivity index (χ0v) is 17.0. The van der Waals surface area contributed by atoms with Crippen molar-refractivity contribution in [2.75, 3.05) is 82.7 Å². The summed E-state index contributed by atoms with van der Waals surface area (Å²) in [6.07, 6.45) is 4.63. The van der Waals surface area contributed by atoms with Crippen molar-refractivity contribution >= 4 is 0 Å². The van der Waals surface area contributed by atoms with Crippen LogP contribution in [0, 0.1) is 0 Å². The molecule has 0 bridgehead atoms. The van der Waals surface area contributed by atoms with E-state index in [4.69, 9.17) is 4.74 Å². The van der Waals surface area contributed by atoms with Crippen LogP contribution in [0.4, 0.5) is 0 Å². The minimum absolute atomic E-state index is 0.607. The Morgan fingerprint density at radius 3 is 1.17 bits per heavy atom. The lowest BCUT2D eigenvalue weighted by atomic mass is 10.1. The zero-order chi connectivity index (χ0) is 17.8. The van der Waals surface area contributed by atoms with E-state index in [0.29, 0.717) is 12.1 Å². The van der Waals surface area contributed by atoms with E-state index >= 15 is 0 Å². The van der Waals surface area contributed by atoms with Gasteiger partial charge in [0.1, 0.15) is 0 Å². The molecular weight excluding hydrogens is 288 g/mol. The third-order valence-electron chi connectivity index (χ3n) is 4.47. The van der Waals surface area contributed by atoms with E-state index in [0.717, 1.165) is 39.1 Å². The first kappa shape index (κ1) is 22.8. The maximum absolute atomic E-state index is 5.93. The van der Waals surface area contributed by atoms with Crippen LogP contribution in [0.2, 0.25) is 0 Å². The number of hydrogen-bond donors (Lipinski definition) is 0. The van der Waals surface area contributed by atoms with E-state index in [1.54, 1.807) is 0 Å². The molecule has 0 N–H and O–H groups in total. The van der Waals surface area contributed by atoms with E-state index < -0.39 is 0 Å². The van der Waals surface area contributed by atoms with Crippen molar-refractivity contribution in [2.24, 2.45) is 0 Å². The highest BCUT2D eigenvalue weighted by atomic mass is 16.5. The third kappa shape index (κ3) is 12.8. The Labute approximate surface area is 145 Å². The molecule has 0 aromatic heterocycles. The van der Waals surface area contributed by atoms with Gasteiger partial charge in [0.05, 0.1) is 0 Å². The summed E-state index contributed by atoms with van der Waals surface area (Å²) in [5.74, 6) is 0. The lowest BCUT2D eigenvalue weighted by Crippen LogP contribution is -2.33. The molecule has 0 aliphatic rings. The molecule has 0 aliphatic carbocycles. The predicted octanol–water partition coefficient (Wildman–Crippen LogP) is 1.55. The van der Waals surface area contributed by atoms with Gasteiger partial charge in [-0.25, -0.2) is 0 Å². The highest BCUT2D eigenvalue weighted by Gasteiger charge is 2.13. The van der Waals surface area contributed by atoms with Crippen LogP contribution >= 0.6 is 0 Å². The molecule has 0 amide bonds. The van der Waals surface area contributed by atoms with Crippen molar-refractivity contribution in [1.29, 1.82) is 0 Å². The summed E-state index contributed by atoms with van der Waals surface area (Å²) in [5.41, 5.74) is 0. The zero-order valence-electron chi connectivity index (χ0n) is 17.0. The fourth-order valence-corrected chi connectivity index (χ4v) is 2.68. The summed E-state index contributed by atoms with van der Waals surface area (Å²) in [5, 5.41) is 0. The maximum Gasteiger partial charge on any atom is 0.0480 e. The smallest absolute Gasteiger partial charge is 0.0480 e. The summed E-state index contributed by atoms with van der Waals surface area (Å²) >= 11 is 0. The van der Waals surface area contributed by atoms with Crippen molar-refractivity contribution in [2.45, 2.75) is 37.8 Å². The topological polar surface area (TPSA) is 22.2 Å². The van der Waals surface area contributed by atoms with Crippen molar-refractivity contribution in [3.63, 3.8) is 0 Å². The molecule has 0 spiro atoms. The van der Waals surface area contributed by atoms with E-state index in [-0.39, 0.29) is 0 Å². The van der Waals surface area contributed by atoms with E-state index in [1.807, 2.05) is 0 Å². The largest absolute Gasteiger partial charge is 0.381 e. The summed E-state index contributed by atoms with van der Waals surface area (Å²) in [4.78, 5) is 9.16. The van der Waals surface area contributed by atoms with Crippen molar-refractivity contribution < 1.29 is 4.74 Å². The molecule has 0 fully saturated rings. The molecule has 0 aromatic carbocycles. The SMILES string of the molecule is CN(C)CCC(CCOCCC(CCN(C)C)N(C)C)N(C)C. The Kier molecular flexibility index (Phi) is 13.0. The van der Waals surface area contributed by atoms with Gasteiger partial charge in [0.25, 0.3) is 0 Å². The molecule has 2 atom stereocenters. The monoisotopic (exact) mass is 330 g/mol. The highest BCUT2D eigenvalue weighted by molar-refractivity contribution is 4.69. The van der Waals surface area contributed by atoms with Gasteiger partial charge in [0.2, 0.25) is 0 Å². The Hall–Kier alpha value is -0.200. The second-order valence-electron chi connectivity index (χ2n) is 7.61. The van der Waals surface area contributed by atoms with E-state index in [2.05, 4.69) is 76.0 Å². The number of rotatable bonds is 14. The summed E-state index contributed by atoms with van der Waals surface area (Å²) in [7, 11) is 17.2. The average molecular weight is 331 g/mol. The summed E-state index contributed by atoms with van der Waals surface area (Å²) in [6.45, 7) is 4.00. The van der Waals surface area contributed by atoms with Crippen LogP contribution in [-0.4, -0.2) is 114 Å². The molecule has 5 heteroatoms. The first-order chi connectivity index (χ1) is 10.7. The van der Waals surface area contributed by atoms with Crippen LogP contribution in [0.25, 0.3) is 0 Å². The molecule has 0 saturated heterocycles. The number of nitrogens with zero attached hydrogens (tertiary/aromatic N) is 4. The molecule has 0 aromatic rings. The maximum atomic E-state index is 5.93. The van der Waals surface area contributed by atoms with Crippen molar-refractivity contribution in [1.82, 2.24) is 19.6 Å².